The molecule has 3 aromatic rings. The average molecular weight is 462 g/mol. The molecule has 0 N–H and O–H groups in total. The molecule has 2 aliphatic rings. The van der Waals surface area contributed by atoms with Crippen molar-refractivity contribution >= 4 is 11.6 Å². The molecule has 0 saturated carbocycles. The van der Waals surface area contributed by atoms with Gasteiger partial charge in [0.1, 0.15) is 12.1 Å². The number of fused-ring (bicyclic) bond motifs is 1. The molecule has 2 fully saturated rings. The normalized spacial score (nSPS) is 20.6. The fraction of sp³-hybridized carbons (Fsp3) is 0.391. The van der Waals surface area contributed by atoms with E-state index in [1.807, 2.05) is 11.0 Å². The third-order valence-electron chi connectivity index (χ3n) is 6.48. The summed E-state index contributed by atoms with van der Waals surface area (Å²) in [5, 5.41) is 11.1. The highest BCUT2D eigenvalue weighted by molar-refractivity contribution is 5.79. The highest BCUT2D eigenvalue weighted by Gasteiger charge is 2.36. The molecule has 1 amide bonds. The summed E-state index contributed by atoms with van der Waals surface area (Å²) in [7, 11) is 0. The molecule has 4 heterocycles. The minimum atomic E-state index is -0.503. The number of pyridine rings is 1. The number of rotatable bonds is 4. The molecule has 5 rings (SSSR count). The van der Waals surface area contributed by atoms with E-state index in [0.29, 0.717) is 37.6 Å². The molecule has 174 valence electrons. The number of hydrogen-bond acceptors (Lipinski definition) is 7. The van der Waals surface area contributed by atoms with Crippen molar-refractivity contribution < 1.29 is 13.9 Å². The van der Waals surface area contributed by atoms with Gasteiger partial charge in [-0.3, -0.25) is 9.69 Å². The van der Waals surface area contributed by atoms with Gasteiger partial charge in [-0.05, 0) is 52.2 Å². The molecule has 2 aliphatic heterocycles. The van der Waals surface area contributed by atoms with Crippen LogP contribution in [0.1, 0.15) is 22.8 Å². The number of piperazine rings is 1. The SMILES string of the molecule is [C-]#[N+]c1c(F)ccc([C@@H]2CN3CCN(C(=O)Cc4ccnc(-n5cnnn5)c4)C[C@H]3CO2)c1C. The second kappa shape index (κ2) is 9.24. The zero-order valence-corrected chi connectivity index (χ0v) is 18.6. The minimum Gasteiger partial charge on any atom is -0.371 e. The molecule has 0 spiro atoms. The third kappa shape index (κ3) is 4.25. The molecular weight excluding hydrogens is 439 g/mol. The van der Waals surface area contributed by atoms with Crippen LogP contribution in [0.5, 0.6) is 0 Å². The molecule has 34 heavy (non-hydrogen) atoms. The maximum atomic E-state index is 13.9. The van der Waals surface area contributed by atoms with Gasteiger partial charge in [0.2, 0.25) is 11.6 Å². The van der Waals surface area contributed by atoms with Crippen molar-refractivity contribution in [3.8, 4) is 5.82 Å². The van der Waals surface area contributed by atoms with Crippen molar-refractivity contribution in [2.45, 2.75) is 25.5 Å². The van der Waals surface area contributed by atoms with Crippen LogP contribution >= 0.6 is 0 Å². The van der Waals surface area contributed by atoms with Crippen molar-refractivity contribution in [2.75, 3.05) is 32.8 Å². The van der Waals surface area contributed by atoms with Crippen LogP contribution in [0.2, 0.25) is 0 Å². The molecule has 2 saturated heterocycles. The van der Waals surface area contributed by atoms with Crippen molar-refractivity contribution in [2.24, 2.45) is 0 Å². The van der Waals surface area contributed by atoms with E-state index in [1.54, 1.807) is 25.3 Å². The van der Waals surface area contributed by atoms with E-state index in [-0.39, 0.29) is 30.2 Å². The van der Waals surface area contributed by atoms with Gasteiger partial charge in [-0.25, -0.2) is 14.2 Å². The van der Waals surface area contributed by atoms with Gasteiger partial charge in [0.05, 0.1) is 31.7 Å². The van der Waals surface area contributed by atoms with Crippen molar-refractivity contribution in [1.29, 1.82) is 0 Å². The lowest BCUT2D eigenvalue weighted by atomic mass is 9.98. The number of ether oxygens (including phenoxy) is 1. The molecule has 2 aromatic heterocycles. The highest BCUT2D eigenvalue weighted by Crippen LogP contribution is 2.34. The molecule has 0 aliphatic carbocycles. The molecular formula is C23H23FN8O2. The van der Waals surface area contributed by atoms with Gasteiger partial charge in [-0.1, -0.05) is 6.07 Å². The third-order valence-corrected chi connectivity index (χ3v) is 6.48. The van der Waals surface area contributed by atoms with Crippen LogP contribution < -0.4 is 0 Å². The summed E-state index contributed by atoms with van der Waals surface area (Å²) >= 11 is 0. The number of carbonyl (C=O) groups is 1. The molecule has 2 atom stereocenters. The zero-order chi connectivity index (χ0) is 23.7. The summed E-state index contributed by atoms with van der Waals surface area (Å²) in [6.07, 6.45) is 3.14. The molecule has 10 nitrogen and oxygen atoms in total. The van der Waals surface area contributed by atoms with E-state index in [0.717, 1.165) is 17.7 Å². The second-order valence-corrected chi connectivity index (χ2v) is 8.49. The van der Waals surface area contributed by atoms with Crippen molar-refractivity contribution in [1.82, 2.24) is 35.0 Å². The van der Waals surface area contributed by atoms with Crippen LogP contribution in [-0.4, -0.2) is 79.7 Å². The first-order valence-corrected chi connectivity index (χ1v) is 11.0. The number of tetrazole rings is 1. The standard InChI is InChI=1S/C23H23FN8O2/c1-15-18(3-4-19(24)23(15)25-2)20-12-30-7-8-31(11-17(30)13-34-20)22(33)10-16-5-6-26-21(9-16)32-14-27-28-29-32/h3-6,9,14,17,20H,7-8,10-13H2,1H3/t17-,20-/m0/s1. The number of halogens is 1. The number of amides is 1. The van der Waals surface area contributed by atoms with Crippen LogP contribution in [0.3, 0.4) is 0 Å². The van der Waals surface area contributed by atoms with Crippen LogP contribution in [0, 0.1) is 19.3 Å². The summed E-state index contributed by atoms with van der Waals surface area (Å²) < 4.78 is 21.5. The van der Waals surface area contributed by atoms with E-state index < -0.39 is 5.82 Å². The lowest BCUT2D eigenvalue weighted by Gasteiger charge is -2.46. The average Bonchev–Trinajstić information content (AvgIpc) is 3.39. The zero-order valence-electron chi connectivity index (χ0n) is 18.6. The summed E-state index contributed by atoms with van der Waals surface area (Å²) in [4.78, 5) is 24.8. The molecule has 11 heteroatoms. The van der Waals surface area contributed by atoms with Crippen LogP contribution in [0.25, 0.3) is 10.7 Å². The van der Waals surface area contributed by atoms with Gasteiger partial charge < -0.3 is 9.64 Å². The second-order valence-electron chi connectivity index (χ2n) is 8.49. The number of nitrogens with zero attached hydrogens (tertiary/aromatic N) is 8. The summed E-state index contributed by atoms with van der Waals surface area (Å²) in [6.45, 7) is 12.1. The Morgan fingerprint density at radius 2 is 2.18 bits per heavy atom. The Morgan fingerprint density at radius 3 is 2.97 bits per heavy atom. The Kier molecular flexibility index (Phi) is 6.00. The molecule has 0 unspecified atom stereocenters. The number of morpholine rings is 1. The van der Waals surface area contributed by atoms with Gasteiger partial charge in [0, 0.05) is 32.4 Å². The highest BCUT2D eigenvalue weighted by atomic mass is 19.1. The molecule has 0 radical (unpaired) electrons. The number of hydrogen-bond donors (Lipinski definition) is 0. The lowest BCUT2D eigenvalue weighted by Crippen LogP contribution is -2.59. The van der Waals surface area contributed by atoms with Gasteiger partial charge in [0.15, 0.2) is 5.82 Å². The summed E-state index contributed by atoms with van der Waals surface area (Å²) in [5.74, 6) is 0.104. The maximum absolute atomic E-state index is 13.9. The fourth-order valence-corrected chi connectivity index (χ4v) is 4.62. The largest absolute Gasteiger partial charge is 0.371 e. The van der Waals surface area contributed by atoms with E-state index in [1.165, 1.54) is 17.1 Å². The Morgan fingerprint density at radius 1 is 1.29 bits per heavy atom. The first-order valence-electron chi connectivity index (χ1n) is 11.0. The van der Waals surface area contributed by atoms with Gasteiger partial charge in [0.25, 0.3) is 0 Å². The quantitative estimate of drug-likeness (QED) is 0.547. The Bertz CT molecular complexity index is 1240. The summed E-state index contributed by atoms with van der Waals surface area (Å²) in [5.41, 5.74) is 2.37. The molecule has 0 bridgehead atoms. The van der Waals surface area contributed by atoms with Crippen LogP contribution in [0.4, 0.5) is 10.1 Å². The first kappa shape index (κ1) is 22.1. The van der Waals surface area contributed by atoms with E-state index in [4.69, 9.17) is 11.3 Å². The van der Waals surface area contributed by atoms with E-state index in [9.17, 15) is 9.18 Å². The Labute approximate surface area is 195 Å². The Balaban J connectivity index is 1.22. The number of carbonyl (C=O) groups excluding carboxylic acids is 1. The minimum absolute atomic E-state index is 0.0479. The van der Waals surface area contributed by atoms with Crippen molar-refractivity contribution in [3.63, 3.8) is 0 Å². The predicted molar refractivity (Wildman–Crippen MR) is 119 cm³/mol. The topological polar surface area (TPSA) is 93.6 Å². The summed E-state index contributed by atoms with van der Waals surface area (Å²) in [6, 6.07) is 6.78. The smallest absolute Gasteiger partial charge is 0.227 e. The predicted octanol–water partition coefficient (Wildman–Crippen LogP) is 1.88. The van der Waals surface area contributed by atoms with E-state index >= 15 is 0 Å². The maximum Gasteiger partial charge on any atom is 0.227 e. The molecule has 1 aromatic carbocycles. The first-order chi connectivity index (χ1) is 16.5. The lowest BCUT2D eigenvalue weighted by molar-refractivity contribution is -0.139. The van der Waals surface area contributed by atoms with Crippen molar-refractivity contribution in [3.05, 3.63) is 70.7 Å². The number of aromatic nitrogens is 5. The van der Waals surface area contributed by atoms with Crippen LogP contribution in [-0.2, 0) is 16.0 Å². The van der Waals surface area contributed by atoms with Gasteiger partial charge in [-0.15, -0.1) is 5.10 Å². The van der Waals surface area contributed by atoms with Crippen LogP contribution in [0.15, 0.2) is 36.8 Å². The monoisotopic (exact) mass is 462 g/mol. The van der Waals surface area contributed by atoms with E-state index in [2.05, 4.69) is 30.3 Å². The van der Waals surface area contributed by atoms with Gasteiger partial charge in [-0.2, -0.15) is 4.68 Å². The number of benzene rings is 1. The Hall–Kier alpha value is -3.75. The van der Waals surface area contributed by atoms with Gasteiger partial charge >= 0.3 is 0 Å². The fourth-order valence-electron chi connectivity index (χ4n) is 4.62.